The van der Waals surface area contributed by atoms with Gasteiger partial charge in [-0.05, 0) is 44.0 Å². The average Bonchev–Trinajstić information content (AvgIpc) is 3.06. The van der Waals surface area contributed by atoms with Crippen LogP contribution in [0.15, 0.2) is 18.2 Å². The molecule has 0 bridgehead atoms. The molecule has 1 aliphatic rings. The van der Waals surface area contributed by atoms with E-state index in [1.807, 2.05) is 11.8 Å². The number of amides is 1. The van der Waals surface area contributed by atoms with Crippen molar-refractivity contribution >= 4 is 29.1 Å². The normalized spacial score (nSPS) is 14.8. The molecule has 30 heavy (non-hydrogen) atoms. The highest BCUT2D eigenvalue weighted by Gasteiger charge is 2.27. The molecule has 2 heterocycles. The number of aryl methyl sites for hydroxylation is 1. The quantitative estimate of drug-likeness (QED) is 0.707. The van der Waals surface area contributed by atoms with Crippen LogP contribution >= 0.6 is 11.6 Å². The first-order valence-electron chi connectivity index (χ1n) is 9.95. The number of benzene rings is 1. The number of aromatic nitrogens is 1. The third-order valence-corrected chi connectivity index (χ3v) is 5.70. The van der Waals surface area contributed by atoms with Crippen molar-refractivity contribution in [3.8, 4) is 0 Å². The van der Waals surface area contributed by atoms with Crippen LogP contribution in [0.25, 0.3) is 0 Å². The maximum Gasteiger partial charge on any atom is 0.256 e. The van der Waals surface area contributed by atoms with E-state index in [-0.39, 0.29) is 23.7 Å². The molecule has 3 rings (SSSR count). The number of rotatable bonds is 6. The summed E-state index contributed by atoms with van der Waals surface area (Å²) in [5.41, 5.74) is 2.51. The first-order valence-corrected chi connectivity index (χ1v) is 10.3. The van der Waals surface area contributed by atoms with Gasteiger partial charge in [0.2, 0.25) is 0 Å². The Morgan fingerprint density at radius 1 is 1.17 bits per heavy atom. The summed E-state index contributed by atoms with van der Waals surface area (Å²) >= 11 is 5.89. The van der Waals surface area contributed by atoms with Gasteiger partial charge in [-0.1, -0.05) is 18.5 Å². The molecule has 0 unspecified atom stereocenters. The largest absolute Gasteiger partial charge is 0.355 e. The lowest BCUT2D eigenvalue weighted by Crippen LogP contribution is -2.50. The van der Waals surface area contributed by atoms with E-state index in [1.54, 1.807) is 11.8 Å². The average molecular weight is 434 g/mol. The Labute approximate surface area is 180 Å². The monoisotopic (exact) mass is 433 g/mol. The number of carbonyl (C=O) groups is 3. The minimum Gasteiger partial charge on any atom is -0.355 e. The van der Waals surface area contributed by atoms with E-state index in [9.17, 15) is 18.8 Å². The van der Waals surface area contributed by atoms with Crippen molar-refractivity contribution in [3.63, 3.8) is 0 Å². The van der Waals surface area contributed by atoms with Crippen molar-refractivity contribution in [3.05, 3.63) is 57.1 Å². The molecule has 1 N–H and O–H groups in total. The maximum atomic E-state index is 14.0. The fraction of sp³-hybridized carbons (Fsp3) is 0.409. The van der Waals surface area contributed by atoms with Crippen LogP contribution in [0, 0.1) is 12.7 Å². The van der Waals surface area contributed by atoms with E-state index in [0.29, 0.717) is 54.6 Å². The van der Waals surface area contributed by atoms with Gasteiger partial charge in [0.1, 0.15) is 5.82 Å². The number of hydrogen-bond donors (Lipinski definition) is 1. The van der Waals surface area contributed by atoms with Gasteiger partial charge in [-0.15, -0.1) is 0 Å². The molecule has 1 aromatic heterocycles. The van der Waals surface area contributed by atoms with Crippen molar-refractivity contribution in [1.29, 1.82) is 0 Å². The van der Waals surface area contributed by atoms with Gasteiger partial charge in [-0.25, -0.2) is 4.39 Å². The number of H-pyrrole nitrogens is 1. The third-order valence-electron chi connectivity index (χ3n) is 5.46. The zero-order valence-electron chi connectivity index (χ0n) is 17.3. The summed E-state index contributed by atoms with van der Waals surface area (Å²) in [5.74, 6) is -1.14. The third kappa shape index (κ3) is 4.47. The number of carbonyl (C=O) groups excluding carboxylic acids is 3. The Bertz CT molecular complexity index is 994. The van der Waals surface area contributed by atoms with Gasteiger partial charge in [0.05, 0.1) is 17.8 Å². The minimum absolute atomic E-state index is 0.0433. The van der Waals surface area contributed by atoms with Crippen LogP contribution in [0.1, 0.15) is 56.3 Å². The fourth-order valence-corrected chi connectivity index (χ4v) is 4.14. The van der Waals surface area contributed by atoms with Gasteiger partial charge < -0.3 is 9.88 Å². The summed E-state index contributed by atoms with van der Waals surface area (Å²) in [6.07, 6.45) is 0.591. The van der Waals surface area contributed by atoms with Crippen molar-refractivity contribution < 1.29 is 18.8 Å². The van der Waals surface area contributed by atoms with E-state index in [4.69, 9.17) is 11.6 Å². The Balaban J connectivity index is 1.64. The number of aromatic amines is 1. The van der Waals surface area contributed by atoms with Crippen LogP contribution in [0.5, 0.6) is 0 Å². The molecule has 2 aromatic rings. The van der Waals surface area contributed by atoms with E-state index in [2.05, 4.69) is 4.98 Å². The molecule has 160 valence electrons. The van der Waals surface area contributed by atoms with Crippen LogP contribution in [0.3, 0.4) is 0 Å². The summed E-state index contributed by atoms with van der Waals surface area (Å²) in [6.45, 7) is 7.20. The highest BCUT2D eigenvalue weighted by molar-refractivity contribution is 6.31. The fourth-order valence-electron chi connectivity index (χ4n) is 3.97. The van der Waals surface area contributed by atoms with Crippen LogP contribution in [0.2, 0.25) is 5.02 Å². The molecular formula is C22H25ClFN3O3. The predicted molar refractivity (Wildman–Crippen MR) is 113 cm³/mol. The number of piperazine rings is 1. The molecule has 0 saturated carbocycles. The first-order chi connectivity index (χ1) is 14.2. The Morgan fingerprint density at radius 2 is 1.83 bits per heavy atom. The van der Waals surface area contributed by atoms with Crippen LogP contribution in [0.4, 0.5) is 4.39 Å². The molecule has 1 amide bonds. The van der Waals surface area contributed by atoms with E-state index < -0.39 is 11.7 Å². The minimum atomic E-state index is -0.600. The van der Waals surface area contributed by atoms with Crippen molar-refractivity contribution in [2.24, 2.45) is 0 Å². The van der Waals surface area contributed by atoms with Crippen LogP contribution in [-0.4, -0.2) is 65.0 Å². The van der Waals surface area contributed by atoms with Crippen molar-refractivity contribution in [2.45, 2.75) is 27.2 Å². The second-order valence-corrected chi connectivity index (χ2v) is 7.94. The molecule has 6 nitrogen and oxygen atoms in total. The Hall–Kier alpha value is -2.51. The molecule has 1 aromatic carbocycles. The Kier molecular flexibility index (Phi) is 6.73. The number of Topliss-reactive ketones (excluding diaryl/α,β-unsaturated/α-hetero) is 2. The van der Waals surface area contributed by atoms with Crippen molar-refractivity contribution in [1.82, 2.24) is 14.8 Å². The van der Waals surface area contributed by atoms with E-state index in [0.717, 1.165) is 5.56 Å². The van der Waals surface area contributed by atoms with Crippen LogP contribution < -0.4 is 0 Å². The molecule has 1 saturated heterocycles. The standard InChI is InChI=1S/C22H25ClFN3O3/c1-4-16-20(14(3)28)13(2)25-21(16)19(29)12-26-7-9-27(10-8-26)22(30)17-11-15(23)5-6-18(17)24/h5-6,11,25H,4,7-10,12H2,1-3H3. The Morgan fingerprint density at radius 3 is 2.43 bits per heavy atom. The summed E-state index contributed by atoms with van der Waals surface area (Å²) in [6, 6.07) is 3.92. The molecule has 1 fully saturated rings. The van der Waals surface area contributed by atoms with Crippen LogP contribution in [-0.2, 0) is 6.42 Å². The number of nitrogens with one attached hydrogen (secondary N) is 1. The summed E-state index contributed by atoms with van der Waals surface area (Å²) < 4.78 is 14.0. The molecule has 8 heteroatoms. The number of ketones is 2. The number of hydrogen-bond acceptors (Lipinski definition) is 4. The van der Waals surface area contributed by atoms with Crippen molar-refractivity contribution in [2.75, 3.05) is 32.7 Å². The van der Waals surface area contributed by atoms with Gasteiger partial charge in [-0.3, -0.25) is 19.3 Å². The molecule has 0 aliphatic carbocycles. The highest BCUT2D eigenvalue weighted by Crippen LogP contribution is 2.22. The van der Waals surface area contributed by atoms with Gasteiger partial charge in [0, 0.05) is 42.5 Å². The van der Waals surface area contributed by atoms with E-state index >= 15 is 0 Å². The lowest BCUT2D eigenvalue weighted by Gasteiger charge is -2.34. The number of halogens is 2. The lowest BCUT2D eigenvalue weighted by molar-refractivity contribution is 0.0619. The molecule has 0 spiro atoms. The zero-order chi connectivity index (χ0) is 22.0. The predicted octanol–water partition coefficient (Wildman–Crippen LogP) is 3.52. The first kappa shape index (κ1) is 22.2. The summed E-state index contributed by atoms with van der Waals surface area (Å²) in [5, 5.41) is 0.307. The topological polar surface area (TPSA) is 73.5 Å². The molecular weight excluding hydrogens is 409 g/mol. The summed E-state index contributed by atoms with van der Waals surface area (Å²) in [7, 11) is 0. The van der Waals surface area contributed by atoms with E-state index in [1.165, 1.54) is 25.1 Å². The second kappa shape index (κ2) is 9.10. The van der Waals surface area contributed by atoms with Gasteiger partial charge in [-0.2, -0.15) is 0 Å². The molecule has 0 radical (unpaired) electrons. The second-order valence-electron chi connectivity index (χ2n) is 7.50. The summed E-state index contributed by atoms with van der Waals surface area (Å²) in [4.78, 5) is 44.0. The number of nitrogens with zero attached hydrogens (tertiary/aromatic N) is 2. The zero-order valence-corrected chi connectivity index (χ0v) is 18.1. The molecule has 0 atom stereocenters. The van der Waals surface area contributed by atoms with Gasteiger partial charge in [0.25, 0.3) is 5.91 Å². The highest BCUT2D eigenvalue weighted by atomic mass is 35.5. The SMILES string of the molecule is CCc1c(C(=O)CN2CCN(C(=O)c3cc(Cl)ccc3F)CC2)[nH]c(C)c1C(C)=O. The smallest absolute Gasteiger partial charge is 0.256 e. The van der Waals surface area contributed by atoms with Gasteiger partial charge in [0.15, 0.2) is 11.6 Å². The maximum absolute atomic E-state index is 14.0. The molecule has 1 aliphatic heterocycles. The van der Waals surface area contributed by atoms with Gasteiger partial charge >= 0.3 is 0 Å². The lowest BCUT2D eigenvalue weighted by atomic mass is 10.0.